The van der Waals surface area contributed by atoms with Gasteiger partial charge in [-0.3, -0.25) is 9.98 Å². The van der Waals surface area contributed by atoms with Crippen LogP contribution in [0.15, 0.2) is 49.1 Å². The summed E-state index contributed by atoms with van der Waals surface area (Å²) in [4.78, 5) is 14.8. The van der Waals surface area contributed by atoms with Gasteiger partial charge in [-0.25, -0.2) is 4.99 Å². The van der Waals surface area contributed by atoms with Crippen LogP contribution < -0.4 is 5.32 Å². The summed E-state index contributed by atoms with van der Waals surface area (Å²) in [5.41, 5.74) is 6.29. The molecule has 0 spiro atoms. The summed E-state index contributed by atoms with van der Waals surface area (Å²) in [6.07, 6.45) is 6.11. The Morgan fingerprint density at radius 3 is 2.25 bits per heavy atom. The molecule has 0 aliphatic carbocycles. The van der Waals surface area contributed by atoms with E-state index >= 15 is 0 Å². The molecule has 0 aromatic carbocycles. The Morgan fingerprint density at radius 1 is 0.972 bits per heavy atom. The van der Waals surface area contributed by atoms with E-state index in [1.165, 1.54) is 17.1 Å². The summed E-state index contributed by atoms with van der Waals surface area (Å²) in [5.74, 6) is 0. The summed E-state index contributed by atoms with van der Waals surface area (Å²) in [5, 5.41) is 16.9. The van der Waals surface area contributed by atoms with Gasteiger partial charge in [0, 0.05) is 57.4 Å². The van der Waals surface area contributed by atoms with Crippen molar-refractivity contribution in [1.82, 2.24) is 5.32 Å². The van der Waals surface area contributed by atoms with Crippen LogP contribution in [0.4, 0.5) is 0 Å². The SMILES string of the molecule is C/C(C1=NC(C)(C#N)C(C)(C)C1)=C1/N=C(S/C=C2/N/C(=C/C3=NCCC3(C)C)CC2(C)C)CC1(C)C. The van der Waals surface area contributed by atoms with Crippen molar-refractivity contribution in [2.24, 2.45) is 36.6 Å². The number of aliphatic imine (C=N–C) groups is 3. The highest BCUT2D eigenvalue weighted by Crippen LogP contribution is 2.48. The van der Waals surface area contributed by atoms with Gasteiger partial charge in [-0.15, -0.1) is 0 Å². The van der Waals surface area contributed by atoms with Crippen molar-refractivity contribution in [1.29, 1.82) is 5.26 Å². The first-order valence-electron chi connectivity index (χ1n) is 13.2. The van der Waals surface area contributed by atoms with E-state index in [1.807, 2.05) is 6.92 Å². The molecule has 1 fully saturated rings. The quantitative estimate of drug-likeness (QED) is 0.429. The topological polar surface area (TPSA) is 72.9 Å². The zero-order chi connectivity index (χ0) is 26.7. The van der Waals surface area contributed by atoms with Crippen LogP contribution in [0, 0.1) is 33.0 Å². The van der Waals surface area contributed by atoms with Gasteiger partial charge in [0.1, 0.15) is 5.54 Å². The number of allylic oxidation sites excluding steroid dienone is 5. The maximum atomic E-state index is 9.78. The highest BCUT2D eigenvalue weighted by atomic mass is 32.2. The molecule has 1 N–H and O–H groups in total. The van der Waals surface area contributed by atoms with Gasteiger partial charge in [-0.1, -0.05) is 67.2 Å². The lowest BCUT2D eigenvalue weighted by molar-refractivity contribution is 0.276. The third-order valence-electron chi connectivity index (χ3n) is 8.76. The van der Waals surface area contributed by atoms with Crippen molar-refractivity contribution in [3.63, 3.8) is 0 Å². The first-order chi connectivity index (χ1) is 16.5. The lowest BCUT2D eigenvalue weighted by Gasteiger charge is -2.29. The molecule has 0 saturated carbocycles. The lowest BCUT2D eigenvalue weighted by atomic mass is 9.73. The molecule has 36 heavy (non-hydrogen) atoms. The third-order valence-corrected chi connectivity index (χ3v) is 9.62. The molecular weight excluding hydrogens is 462 g/mol. The Hall–Kier alpha value is -2.13. The van der Waals surface area contributed by atoms with E-state index < -0.39 is 5.54 Å². The highest BCUT2D eigenvalue weighted by molar-refractivity contribution is 8.16. The molecule has 0 bridgehead atoms. The number of nitrogens with one attached hydrogen (secondary N) is 1. The van der Waals surface area contributed by atoms with Gasteiger partial charge < -0.3 is 5.32 Å². The van der Waals surface area contributed by atoms with Crippen LogP contribution in [0.3, 0.4) is 0 Å². The third kappa shape index (κ3) is 4.76. The summed E-state index contributed by atoms with van der Waals surface area (Å²) in [7, 11) is 0. The lowest BCUT2D eigenvalue weighted by Crippen LogP contribution is -2.34. The fraction of sp³-hybridized carbons (Fsp3) is 0.667. The fourth-order valence-corrected chi connectivity index (χ4v) is 6.80. The number of nitrogens with zero attached hydrogens (tertiary/aromatic N) is 4. The molecule has 4 aliphatic rings. The standard InChI is InChI=1S/C30H43N5S/c1-19(21-15-29(8,9)30(10,18-31)35-21)25-28(6,7)16-24(34-25)36-17-23-27(4,5)14-20(33-23)13-22-26(2,3)11-12-32-22/h13,17,33H,11-12,14-16H2,1-10H3/b20-13+,23-17+,25-19-. The molecule has 1 atom stereocenters. The van der Waals surface area contributed by atoms with Crippen LogP contribution in [-0.2, 0) is 0 Å². The first-order valence-corrected chi connectivity index (χ1v) is 14.1. The Balaban J connectivity index is 1.56. The smallest absolute Gasteiger partial charge is 0.149 e. The Morgan fingerprint density at radius 2 is 1.67 bits per heavy atom. The van der Waals surface area contributed by atoms with E-state index in [-0.39, 0.29) is 21.7 Å². The monoisotopic (exact) mass is 505 g/mol. The molecule has 1 saturated heterocycles. The van der Waals surface area contributed by atoms with Crippen LogP contribution in [0.2, 0.25) is 0 Å². The molecule has 1 unspecified atom stereocenters. The van der Waals surface area contributed by atoms with Crippen molar-refractivity contribution >= 4 is 28.2 Å². The molecule has 4 aliphatic heterocycles. The predicted octanol–water partition coefficient (Wildman–Crippen LogP) is 7.59. The zero-order valence-electron chi connectivity index (χ0n) is 23.9. The summed E-state index contributed by atoms with van der Waals surface area (Å²) in [6, 6.07) is 2.45. The molecule has 0 radical (unpaired) electrons. The molecule has 5 nitrogen and oxygen atoms in total. The van der Waals surface area contributed by atoms with E-state index in [4.69, 9.17) is 15.0 Å². The number of hydrogen-bond donors (Lipinski definition) is 1. The van der Waals surface area contributed by atoms with Gasteiger partial charge in [-0.05, 0) is 50.2 Å². The maximum absolute atomic E-state index is 9.78. The maximum Gasteiger partial charge on any atom is 0.149 e. The summed E-state index contributed by atoms with van der Waals surface area (Å²) in [6.45, 7) is 23.0. The van der Waals surface area contributed by atoms with Crippen molar-refractivity contribution in [2.45, 2.75) is 100 Å². The molecule has 4 rings (SSSR count). The molecule has 194 valence electrons. The van der Waals surface area contributed by atoms with Crippen LogP contribution >= 0.6 is 11.8 Å². The second kappa shape index (κ2) is 8.72. The van der Waals surface area contributed by atoms with E-state index in [0.717, 1.165) is 54.3 Å². The van der Waals surface area contributed by atoms with Crippen LogP contribution in [0.25, 0.3) is 0 Å². The van der Waals surface area contributed by atoms with Crippen LogP contribution in [0.1, 0.15) is 94.9 Å². The minimum absolute atomic E-state index is 0.0529. The second-order valence-electron chi connectivity index (χ2n) is 13.7. The number of nitriles is 1. The van der Waals surface area contributed by atoms with Crippen LogP contribution in [0.5, 0.6) is 0 Å². The van der Waals surface area contributed by atoms with Gasteiger partial charge in [-0.2, -0.15) is 5.26 Å². The van der Waals surface area contributed by atoms with Gasteiger partial charge in [0.15, 0.2) is 0 Å². The van der Waals surface area contributed by atoms with Gasteiger partial charge >= 0.3 is 0 Å². The van der Waals surface area contributed by atoms with Crippen LogP contribution in [-0.4, -0.2) is 28.6 Å². The fourth-order valence-electron chi connectivity index (χ4n) is 5.58. The summed E-state index contributed by atoms with van der Waals surface area (Å²) >= 11 is 1.74. The first kappa shape index (κ1) is 26.9. The van der Waals surface area contributed by atoms with Gasteiger partial charge in [0.2, 0.25) is 0 Å². The predicted molar refractivity (Wildman–Crippen MR) is 154 cm³/mol. The molecule has 6 heteroatoms. The zero-order valence-corrected chi connectivity index (χ0v) is 24.7. The van der Waals surface area contributed by atoms with Gasteiger partial charge in [0.25, 0.3) is 0 Å². The average Bonchev–Trinajstić information content (AvgIpc) is 3.42. The minimum Gasteiger partial charge on any atom is -0.361 e. The normalized spacial score (nSPS) is 33.3. The van der Waals surface area contributed by atoms with E-state index in [1.54, 1.807) is 11.8 Å². The van der Waals surface area contributed by atoms with E-state index in [2.05, 4.69) is 85.2 Å². The Kier molecular flexibility index (Phi) is 6.52. The Bertz CT molecular complexity index is 1200. The average molecular weight is 506 g/mol. The Labute approximate surface area is 222 Å². The molecule has 4 heterocycles. The molecule has 0 aromatic heterocycles. The number of rotatable bonds is 3. The molecule has 0 amide bonds. The minimum atomic E-state index is -0.692. The molecule has 0 aromatic rings. The van der Waals surface area contributed by atoms with Gasteiger partial charge in [0.05, 0.1) is 16.8 Å². The second-order valence-corrected chi connectivity index (χ2v) is 14.7. The van der Waals surface area contributed by atoms with E-state index in [0.29, 0.717) is 0 Å². The van der Waals surface area contributed by atoms with E-state index in [9.17, 15) is 5.26 Å². The number of hydrogen-bond acceptors (Lipinski definition) is 6. The van der Waals surface area contributed by atoms with Crippen molar-refractivity contribution in [3.8, 4) is 6.07 Å². The highest BCUT2D eigenvalue weighted by Gasteiger charge is 2.48. The summed E-state index contributed by atoms with van der Waals surface area (Å²) < 4.78 is 0. The van der Waals surface area contributed by atoms with Crippen molar-refractivity contribution < 1.29 is 0 Å². The molecular formula is C30H43N5S. The largest absolute Gasteiger partial charge is 0.361 e. The van der Waals surface area contributed by atoms with Crippen molar-refractivity contribution in [2.75, 3.05) is 6.54 Å². The van der Waals surface area contributed by atoms with Crippen molar-refractivity contribution in [3.05, 3.63) is 34.1 Å². The number of thioether (sulfide) groups is 1.